The van der Waals surface area contributed by atoms with Gasteiger partial charge in [0.1, 0.15) is 13.1 Å². The van der Waals surface area contributed by atoms with Gasteiger partial charge in [0.05, 0.1) is 0 Å². The number of rotatable bonds is 8. The molecule has 0 unspecified atom stereocenters. The van der Waals surface area contributed by atoms with Gasteiger partial charge in [-0.15, -0.1) is 24.0 Å². The second-order valence-corrected chi connectivity index (χ2v) is 6.60. The molecule has 6 nitrogen and oxygen atoms in total. The number of nitrogens with zero attached hydrogens (tertiary/aromatic N) is 3. The normalized spacial score (nSPS) is 16.3. The predicted octanol–water partition coefficient (Wildman–Crippen LogP) is 2.45. The molecule has 2 N–H and O–H groups in total. The van der Waals surface area contributed by atoms with E-state index in [1.165, 1.54) is 25.7 Å². The third kappa shape index (κ3) is 13.1. The topological polar surface area (TPSA) is 60.0 Å². The van der Waals surface area contributed by atoms with E-state index in [0.29, 0.717) is 23.9 Å². The monoisotopic (exact) mass is 507 g/mol. The van der Waals surface area contributed by atoms with E-state index in [2.05, 4.69) is 20.5 Å². The molecule has 0 bridgehead atoms. The molecular weight excluding hydrogens is 474 g/mol. The van der Waals surface area contributed by atoms with Crippen molar-refractivity contribution in [2.45, 2.75) is 45.2 Å². The zero-order chi connectivity index (χ0) is 19.4. The van der Waals surface area contributed by atoms with E-state index < -0.39 is 18.6 Å². The Balaban J connectivity index is 0.00000676. The van der Waals surface area contributed by atoms with Gasteiger partial charge in [-0.25, -0.2) is 4.99 Å². The van der Waals surface area contributed by atoms with Crippen LogP contribution in [0.5, 0.6) is 0 Å². The van der Waals surface area contributed by atoms with Gasteiger partial charge >= 0.3 is 6.18 Å². The number of alkyl halides is 3. The number of likely N-dealkylation sites (tertiary alicyclic amines) is 1. The van der Waals surface area contributed by atoms with Gasteiger partial charge < -0.3 is 20.4 Å². The summed E-state index contributed by atoms with van der Waals surface area (Å²) in [6.45, 7) is 4.95. The molecule has 0 aromatic rings. The van der Waals surface area contributed by atoms with Crippen LogP contribution in [0.4, 0.5) is 13.2 Å². The third-order valence-electron chi connectivity index (χ3n) is 4.20. The molecule has 0 radical (unpaired) electrons. The second-order valence-electron chi connectivity index (χ2n) is 6.60. The molecule has 0 aromatic carbocycles. The Morgan fingerprint density at radius 3 is 2.33 bits per heavy atom. The number of likely N-dealkylation sites (N-methyl/N-ethyl adjacent to an activating group) is 1. The number of hydrogen-bond acceptors (Lipinski definition) is 3. The Bertz CT molecular complexity index is 441. The first-order valence-electron chi connectivity index (χ1n) is 9.37. The highest BCUT2D eigenvalue weighted by atomic mass is 127. The van der Waals surface area contributed by atoms with Crippen LogP contribution in [0.1, 0.15) is 39.0 Å². The van der Waals surface area contributed by atoms with E-state index in [4.69, 9.17) is 0 Å². The molecule has 1 aliphatic rings. The van der Waals surface area contributed by atoms with Gasteiger partial charge in [0.2, 0.25) is 5.91 Å². The minimum absolute atomic E-state index is 0. The number of nitrogens with one attached hydrogen (secondary N) is 2. The van der Waals surface area contributed by atoms with Gasteiger partial charge in [0.25, 0.3) is 0 Å². The fourth-order valence-corrected chi connectivity index (χ4v) is 2.84. The Kier molecular flexibility index (Phi) is 13.8. The van der Waals surface area contributed by atoms with E-state index in [-0.39, 0.29) is 30.5 Å². The molecule has 10 heteroatoms. The maximum Gasteiger partial charge on any atom is 0.406 e. The van der Waals surface area contributed by atoms with Crippen LogP contribution in [0.25, 0.3) is 0 Å². The molecule has 0 spiro atoms. The van der Waals surface area contributed by atoms with Crippen molar-refractivity contribution in [3.05, 3.63) is 0 Å². The molecule has 1 rings (SSSR count). The SMILES string of the molecule is CCNC(=NCC(=O)N(C)CC(F)(F)F)NCCCN1CCCCCC1.I. The quantitative estimate of drug-likeness (QED) is 0.230. The summed E-state index contributed by atoms with van der Waals surface area (Å²) in [6, 6.07) is 0. The number of guanidine groups is 1. The van der Waals surface area contributed by atoms with Gasteiger partial charge in [0.15, 0.2) is 5.96 Å². The molecular formula is C17H33F3IN5O. The zero-order valence-electron chi connectivity index (χ0n) is 16.3. The van der Waals surface area contributed by atoms with Gasteiger partial charge in [-0.3, -0.25) is 4.79 Å². The summed E-state index contributed by atoms with van der Waals surface area (Å²) in [6.07, 6.45) is 1.68. The average Bonchev–Trinajstić information content (AvgIpc) is 2.83. The lowest BCUT2D eigenvalue weighted by molar-refractivity contribution is -0.157. The van der Waals surface area contributed by atoms with Crippen molar-refractivity contribution in [1.29, 1.82) is 0 Å². The highest BCUT2D eigenvalue weighted by Gasteiger charge is 2.31. The first kappa shape index (κ1) is 26.2. The Morgan fingerprint density at radius 2 is 1.78 bits per heavy atom. The summed E-state index contributed by atoms with van der Waals surface area (Å²) in [5, 5.41) is 6.14. The highest BCUT2D eigenvalue weighted by Crippen LogP contribution is 2.15. The Labute approximate surface area is 177 Å². The molecule has 0 atom stereocenters. The fraction of sp³-hybridized carbons (Fsp3) is 0.882. The number of carbonyl (C=O) groups is 1. The van der Waals surface area contributed by atoms with Crippen molar-refractivity contribution in [1.82, 2.24) is 20.4 Å². The Hall–Kier alpha value is -0.780. The molecule has 1 fully saturated rings. The van der Waals surface area contributed by atoms with Crippen molar-refractivity contribution in [2.24, 2.45) is 4.99 Å². The van der Waals surface area contributed by atoms with Crippen molar-refractivity contribution in [3.63, 3.8) is 0 Å². The largest absolute Gasteiger partial charge is 0.406 e. The lowest BCUT2D eigenvalue weighted by atomic mass is 10.2. The summed E-state index contributed by atoms with van der Waals surface area (Å²) in [5.74, 6) is -0.207. The maximum absolute atomic E-state index is 12.3. The first-order valence-corrected chi connectivity index (χ1v) is 9.37. The van der Waals surface area contributed by atoms with E-state index in [0.717, 1.165) is 33.1 Å². The van der Waals surface area contributed by atoms with Crippen LogP contribution < -0.4 is 10.6 Å². The van der Waals surface area contributed by atoms with Gasteiger partial charge in [-0.05, 0) is 45.8 Å². The standard InChI is InChI=1S/C17H32F3N5O.HI/c1-3-21-16(23-13-15(26)24(2)14-17(18,19)20)22-9-8-12-25-10-6-4-5-7-11-25;/h3-14H2,1-2H3,(H2,21,22,23);1H. The van der Waals surface area contributed by atoms with Gasteiger partial charge in [0, 0.05) is 20.1 Å². The second kappa shape index (κ2) is 14.3. The average molecular weight is 507 g/mol. The molecule has 0 saturated carbocycles. The van der Waals surface area contributed by atoms with E-state index in [9.17, 15) is 18.0 Å². The lowest BCUT2D eigenvalue weighted by Crippen LogP contribution is -2.41. The number of halogens is 4. The molecule has 160 valence electrons. The molecule has 27 heavy (non-hydrogen) atoms. The summed E-state index contributed by atoms with van der Waals surface area (Å²) in [4.78, 5) is 19.0. The van der Waals surface area contributed by atoms with Crippen molar-refractivity contribution in [3.8, 4) is 0 Å². The fourth-order valence-electron chi connectivity index (χ4n) is 2.84. The lowest BCUT2D eigenvalue weighted by Gasteiger charge is -2.20. The molecule has 1 saturated heterocycles. The molecule has 1 aliphatic heterocycles. The van der Waals surface area contributed by atoms with E-state index in [1.54, 1.807) is 0 Å². The molecule has 1 heterocycles. The van der Waals surface area contributed by atoms with Crippen LogP contribution >= 0.6 is 24.0 Å². The minimum atomic E-state index is -4.40. The summed E-state index contributed by atoms with van der Waals surface area (Å²) < 4.78 is 36.9. The van der Waals surface area contributed by atoms with Crippen LogP contribution in [0.15, 0.2) is 4.99 Å². The molecule has 0 aliphatic carbocycles. The predicted molar refractivity (Wildman–Crippen MR) is 113 cm³/mol. The summed E-state index contributed by atoms with van der Waals surface area (Å²) >= 11 is 0. The smallest absolute Gasteiger partial charge is 0.357 e. The third-order valence-corrected chi connectivity index (χ3v) is 4.20. The summed E-state index contributed by atoms with van der Waals surface area (Å²) in [7, 11) is 1.13. The van der Waals surface area contributed by atoms with E-state index >= 15 is 0 Å². The van der Waals surface area contributed by atoms with Crippen LogP contribution in [0.2, 0.25) is 0 Å². The van der Waals surface area contributed by atoms with Gasteiger partial charge in [-0.2, -0.15) is 13.2 Å². The van der Waals surface area contributed by atoms with Crippen LogP contribution in [0.3, 0.4) is 0 Å². The Morgan fingerprint density at radius 1 is 1.15 bits per heavy atom. The number of amides is 1. The zero-order valence-corrected chi connectivity index (χ0v) is 18.6. The van der Waals surface area contributed by atoms with E-state index in [1.807, 2.05) is 6.92 Å². The number of carbonyl (C=O) groups excluding carboxylic acids is 1. The van der Waals surface area contributed by atoms with Crippen molar-refractivity contribution < 1.29 is 18.0 Å². The van der Waals surface area contributed by atoms with Crippen molar-refractivity contribution >= 4 is 35.8 Å². The van der Waals surface area contributed by atoms with Crippen LogP contribution in [0, 0.1) is 0 Å². The molecule has 0 aromatic heterocycles. The number of hydrogen-bond donors (Lipinski definition) is 2. The maximum atomic E-state index is 12.3. The van der Waals surface area contributed by atoms with Gasteiger partial charge in [-0.1, -0.05) is 12.8 Å². The summed E-state index contributed by atoms with van der Waals surface area (Å²) in [5.41, 5.74) is 0. The van der Waals surface area contributed by atoms with Crippen LogP contribution in [-0.2, 0) is 4.79 Å². The first-order chi connectivity index (χ1) is 12.3. The highest BCUT2D eigenvalue weighted by molar-refractivity contribution is 14.0. The molecule has 1 amide bonds. The minimum Gasteiger partial charge on any atom is -0.357 e. The van der Waals surface area contributed by atoms with Crippen LogP contribution in [-0.4, -0.2) is 80.7 Å². The number of aliphatic imine (C=N–C) groups is 1. The van der Waals surface area contributed by atoms with Crippen molar-refractivity contribution in [2.75, 3.05) is 52.9 Å².